The van der Waals surface area contributed by atoms with Crippen molar-refractivity contribution in [2.45, 2.75) is 6.92 Å². The van der Waals surface area contributed by atoms with Gasteiger partial charge in [-0.3, -0.25) is 0 Å². The van der Waals surface area contributed by atoms with Crippen LogP contribution in [0.5, 0.6) is 0 Å². The molecule has 2 heterocycles. The number of aromatic carboxylic acids is 1. The number of hydrogen-bond acceptors (Lipinski definition) is 5. The molecule has 2 aromatic heterocycles. The van der Waals surface area contributed by atoms with Gasteiger partial charge in [0.1, 0.15) is 12.1 Å². The first-order valence-electron chi connectivity index (χ1n) is 7.98. The monoisotopic (exact) mass is 345 g/mol. The number of benzene rings is 2. The van der Waals surface area contributed by atoms with E-state index in [1.165, 1.54) is 6.33 Å². The number of nitrogens with zero attached hydrogens (tertiary/aromatic N) is 4. The van der Waals surface area contributed by atoms with Crippen LogP contribution in [-0.2, 0) is 0 Å². The van der Waals surface area contributed by atoms with Gasteiger partial charge >= 0.3 is 5.97 Å². The summed E-state index contributed by atoms with van der Waals surface area (Å²) in [4.78, 5) is 19.8. The largest absolute Gasteiger partial charge is 0.478 e. The number of fused-ring (bicyclic) bond motifs is 1. The summed E-state index contributed by atoms with van der Waals surface area (Å²) in [6.07, 6.45) is 3.15. The Morgan fingerprint density at radius 3 is 2.77 bits per heavy atom. The number of aromatic nitrogens is 4. The maximum atomic E-state index is 11.1. The summed E-state index contributed by atoms with van der Waals surface area (Å²) in [5, 5.41) is 17.5. The number of anilines is 2. The average Bonchev–Trinajstić information content (AvgIpc) is 3.07. The first kappa shape index (κ1) is 15.8. The standard InChI is InChI=1S/C19H15N5O2/c1-12-4-2-7-15(8-12)24-18-16(10-22-24)17(20-11-21-18)23-14-6-3-5-13(9-14)19(25)26/h2-11H,1H3,(H,25,26)(H,20,21,23). The Hall–Kier alpha value is -3.74. The zero-order valence-electron chi connectivity index (χ0n) is 13.9. The summed E-state index contributed by atoms with van der Waals surface area (Å²) in [6, 6.07) is 14.5. The molecular weight excluding hydrogens is 330 g/mol. The van der Waals surface area contributed by atoms with E-state index in [2.05, 4.69) is 20.4 Å². The molecule has 128 valence electrons. The molecule has 0 spiro atoms. The fourth-order valence-corrected chi connectivity index (χ4v) is 2.76. The summed E-state index contributed by atoms with van der Waals surface area (Å²) in [5.41, 5.74) is 3.55. The maximum absolute atomic E-state index is 11.1. The number of carboxylic acids is 1. The van der Waals surface area contributed by atoms with E-state index >= 15 is 0 Å². The van der Waals surface area contributed by atoms with E-state index < -0.39 is 5.97 Å². The van der Waals surface area contributed by atoms with Crippen molar-refractivity contribution in [2.24, 2.45) is 0 Å². The van der Waals surface area contributed by atoms with Crippen LogP contribution in [0.4, 0.5) is 11.5 Å². The van der Waals surface area contributed by atoms with Gasteiger partial charge in [0.15, 0.2) is 5.65 Å². The molecule has 0 saturated carbocycles. The second kappa shape index (κ2) is 6.29. The highest BCUT2D eigenvalue weighted by Crippen LogP contribution is 2.25. The minimum atomic E-state index is -0.978. The van der Waals surface area contributed by atoms with Crippen LogP contribution in [-0.4, -0.2) is 30.8 Å². The van der Waals surface area contributed by atoms with Crippen molar-refractivity contribution in [1.29, 1.82) is 0 Å². The Morgan fingerprint density at radius 2 is 1.96 bits per heavy atom. The second-order valence-electron chi connectivity index (χ2n) is 5.87. The van der Waals surface area contributed by atoms with Crippen LogP contribution >= 0.6 is 0 Å². The summed E-state index contributed by atoms with van der Waals surface area (Å²) in [5.74, 6) is -0.412. The van der Waals surface area contributed by atoms with E-state index in [9.17, 15) is 4.79 Å². The van der Waals surface area contributed by atoms with Gasteiger partial charge in [0.05, 0.1) is 22.8 Å². The van der Waals surface area contributed by atoms with Gasteiger partial charge in [-0.15, -0.1) is 0 Å². The van der Waals surface area contributed by atoms with E-state index in [0.29, 0.717) is 17.2 Å². The highest BCUT2D eigenvalue weighted by molar-refractivity contribution is 5.91. The molecule has 0 bridgehead atoms. The molecule has 26 heavy (non-hydrogen) atoms. The molecule has 0 fully saturated rings. The lowest BCUT2D eigenvalue weighted by Gasteiger charge is -2.08. The van der Waals surface area contributed by atoms with Crippen LogP contribution < -0.4 is 5.32 Å². The van der Waals surface area contributed by atoms with E-state index in [-0.39, 0.29) is 5.56 Å². The number of rotatable bonds is 4. The smallest absolute Gasteiger partial charge is 0.335 e. The lowest BCUT2D eigenvalue weighted by atomic mass is 10.2. The number of aryl methyl sites for hydroxylation is 1. The van der Waals surface area contributed by atoms with Crippen LogP contribution in [0.2, 0.25) is 0 Å². The zero-order valence-corrected chi connectivity index (χ0v) is 13.9. The number of nitrogens with one attached hydrogen (secondary N) is 1. The van der Waals surface area contributed by atoms with Crippen LogP contribution in [0.1, 0.15) is 15.9 Å². The molecule has 0 radical (unpaired) electrons. The third-order valence-electron chi connectivity index (χ3n) is 3.98. The molecule has 0 aliphatic heterocycles. The fraction of sp³-hybridized carbons (Fsp3) is 0.0526. The average molecular weight is 345 g/mol. The van der Waals surface area contributed by atoms with Crippen molar-refractivity contribution in [3.8, 4) is 5.69 Å². The predicted octanol–water partition coefficient (Wildman–Crippen LogP) is 3.57. The van der Waals surface area contributed by atoms with Crippen molar-refractivity contribution in [2.75, 3.05) is 5.32 Å². The third-order valence-corrected chi connectivity index (χ3v) is 3.98. The van der Waals surface area contributed by atoms with Gasteiger partial charge in [-0.05, 0) is 42.8 Å². The van der Waals surface area contributed by atoms with Crippen molar-refractivity contribution in [1.82, 2.24) is 19.7 Å². The molecule has 0 aliphatic carbocycles. The van der Waals surface area contributed by atoms with Crippen LogP contribution in [0.15, 0.2) is 61.1 Å². The van der Waals surface area contributed by atoms with Crippen molar-refractivity contribution < 1.29 is 9.90 Å². The molecule has 0 aliphatic rings. The van der Waals surface area contributed by atoms with Crippen LogP contribution in [0.25, 0.3) is 16.7 Å². The topological polar surface area (TPSA) is 92.9 Å². The van der Waals surface area contributed by atoms with Gasteiger partial charge in [0, 0.05) is 5.69 Å². The lowest BCUT2D eigenvalue weighted by Crippen LogP contribution is -2.01. The fourth-order valence-electron chi connectivity index (χ4n) is 2.76. The van der Waals surface area contributed by atoms with Crippen LogP contribution in [0.3, 0.4) is 0 Å². The van der Waals surface area contributed by atoms with Gasteiger partial charge < -0.3 is 10.4 Å². The molecule has 0 amide bonds. The Morgan fingerprint density at radius 1 is 1.12 bits per heavy atom. The SMILES string of the molecule is Cc1cccc(-n2ncc3c(Nc4cccc(C(=O)O)c4)ncnc32)c1. The molecule has 0 unspecified atom stereocenters. The Labute approximate surface area is 149 Å². The molecule has 4 aromatic rings. The molecule has 7 heteroatoms. The predicted molar refractivity (Wildman–Crippen MR) is 98.1 cm³/mol. The minimum Gasteiger partial charge on any atom is -0.478 e. The van der Waals surface area contributed by atoms with Crippen LogP contribution in [0, 0.1) is 6.92 Å². The third kappa shape index (κ3) is 2.86. The van der Waals surface area contributed by atoms with Crippen molar-refractivity contribution in [3.05, 3.63) is 72.2 Å². The second-order valence-corrected chi connectivity index (χ2v) is 5.87. The molecule has 2 N–H and O–H groups in total. The number of carbonyl (C=O) groups is 1. The Kier molecular flexibility index (Phi) is 3.81. The summed E-state index contributed by atoms with van der Waals surface area (Å²) >= 11 is 0. The molecule has 2 aromatic carbocycles. The zero-order chi connectivity index (χ0) is 18.1. The summed E-state index contributed by atoms with van der Waals surface area (Å²) in [6.45, 7) is 2.02. The summed E-state index contributed by atoms with van der Waals surface area (Å²) in [7, 11) is 0. The van der Waals surface area contributed by atoms with E-state index in [4.69, 9.17) is 5.11 Å². The van der Waals surface area contributed by atoms with Gasteiger partial charge in [-0.25, -0.2) is 19.4 Å². The van der Waals surface area contributed by atoms with E-state index in [0.717, 1.165) is 16.6 Å². The lowest BCUT2D eigenvalue weighted by molar-refractivity contribution is 0.0697. The van der Waals surface area contributed by atoms with Gasteiger partial charge in [0.25, 0.3) is 0 Å². The normalized spacial score (nSPS) is 10.8. The molecule has 4 rings (SSSR count). The number of carboxylic acid groups (broad SMARTS) is 1. The Balaban J connectivity index is 1.76. The van der Waals surface area contributed by atoms with Crippen molar-refractivity contribution >= 4 is 28.5 Å². The molecular formula is C19H15N5O2. The van der Waals surface area contributed by atoms with E-state index in [1.807, 2.05) is 31.2 Å². The van der Waals surface area contributed by atoms with Crippen molar-refractivity contribution in [3.63, 3.8) is 0 Å². The first-order chi connectivity index (χ1) is 12.6. The highest BCUT2D eigenvalue weighted by atomic mass is 16.4. The Bertz CT molecular complexity index is 1120. The summed E-state index contributed by atoms with van der Waals surface area (Å²) < 4.78 is 1.75. The van der Waals surface area contributed by atoms with Gasteiger partial charge in [-0.1, -0.05) is 18.2 Å². The number of hydrogen-bond donors (Lipinski definition) is 2. The van der Waals surface area contributed by atoms with Gasteiger partial charge in [0.2, 0.25) is 0 Å². The maximum Gasteiger partial charge on any atom is 0.335 e. The minimum absolute atomic E-state index is 0.204. The quantitative estimate of drug-likeness (QED) is 0.587. The first-order valence-corrected chi connectivity index (χ1v) is 7.98. The molecule has 0 saturated heterocycles. The molecule has 7 nitrogen and oxygen atoms in total. The van der Waals surface area contributed by atoms with Gasteiger partial charge in [-0.2, -0.15) is 5.10 Å². The highest BCUT2D eigenvalue weighted by Gasteiger charge is 2.12. The molecule has 0 atom stereocenters. The van der Waals surface area contributed by atoms with E-state index in [1.54, 1.807) is 35.1 Å².